The summed E-state index contributed by atoms with van der Waals surface area (Å²) in [5.74, 6) is 0.0298. The van der Waals surface area contributed by atoms with Gasteiger partial charge in [0.25, 0.3) is 0 Å². The summed E-state index contributed by atoms with van der Waals surface area (Å²) in [6, 6.07) is 9.07. The monoisotopic (exact) mass is 298 g/mol. The van der Waals surface area contributed by atoms with E-state index in [-0.39, 0.29) is 17.9 Å². The smallest absolute Gasteiger partial charge is 0.218 e. The molecule has 112 valence electrons. The van der Waals surface area contributed by atoms with Gasteiger partial charge < -0.3 is 10.5 Å². The largest absolute Gasteiger partial charge is 0.381 e. The summed E-state index contributed by atoms with van der Waals surface area (Å²) in [6.07, 6.45) is 1.49. The van der Waals surface area contributed by atoms with Crippen molar-refractivity contribution >= 4 is 10.0 Å². The topological polar surface area (TPSA) is 72.6 Å². The van der Waals surface area contributed by atoms with E-state index in [0.29, 0.717) is 19.5 Å². The number of hydrogen-bond donors (Lipinski definition) is 1. The minimum atomic E-state index is -3.33. The number of hydrogen-bond acceptors (Lipinski definition) is 4. The molecule has 0 saturated carbocycles. The molecule has 1 aromatic rings. The van der Waals surface area contributed by atoms with Crippen LogP contribution in [0.4, 0.5) is 0 Å². The van der Waals surface area contributed by atoms with Crippen molar-refractivity contribution in [3.8, 4) is 0 Å². The molecule has 2 N–H and O–H groups in total. The lowest BCUT2D eigenvalue weighted by Crippen LogP contribution is -2.51. The Morgan fingerprint density at radius 3 is 2.65 bits per heavy atom. The fraction of sp³-hybridized carbons (Fsp3) is 0.571. The molecule has 6 heteroatoms. The molecule has 1 fully saturated rings. The van der Waals surface area contributed by atoms with Gasteiger partial charge >= 0.3 is 0 Å². The molecule has 0 aromatic heterocycles. The van der Waals surface area contributed by atoms with Crippen molar-refractivity contribution in [1.82, 2.24) is 4.31 Å². The van der Waals surface area contributed by atoms with Gasteiger partial charge in [0.15, 0.2) is 0 Å². The van der Waals surface area contributed by atoms with E-state index in [0.717, 1.165) is 12.0 Å². The number of benzene rings is 1. The molecular formula is C14H22N2O3S. The van der Waals surface area contributed by atoms with Gasteiger partial charge in [0.2, 0.25) is 10.0 Å². The Morgan fingerprint density at radius 2 is 2.05 bits per heavy atom. The van der Waals surface area contributed by atoms with E-state index in [1.807, 2.05) is 30.3 Å². The number of piperidine rings is 1. The first-order valence-electron chi connectivity index (χ1n) is 6.83. The van der Waals surface area contributed by atoms with E-state index in [4.69, 9.17) is 10.5 Å². The SMILES string of the molecule is COC1CCN(S(=O)(=O)Cc2ccccc2)C(CN)C1. The molecule has 1 saturated heterocycles. The summed E-state index contributed by atoms with van der Waals surface area (Å²) in [4.78, 5) is 0. The zero-order valence-corrected chi connectivity index (χ0v) is 12.6. The molecule has 1 aromatic carbocycles. The number of methoxy groups -OCH3 is 1. The van der Waals surface area contributed by atoms with Gasteiger partial charge in [0, 0.05) is 26.2 Å². The van der Waals surface area contributed by atoms with Gasteiger partial charge in [-0.3, -0.25) is 0 Å². The van der Waals surface area contributed by atoms with E-state index in [1.54, 1.807) is 11.4 Å². The highest BCUT2D eigenvalue weighted by Gasteiger charge is 2.35. The second-order valence-electron chi connectivity index (χ2n) is 5.12. The third-order valence-corrected chi connectivity index (χ3v) is 5.66. The van der Waals surface area contributed by atoms with Crippen LogP contribution in [-0.2, 0) is 20.5 Å². The molecule has 0 amide bonds. The third kappa shape index (κ3) is 3.58. The van der Waals surface area contributed by atoms with Crippen LogP contribution in [0.25, 0.3) is 0 Å². The molecule has 5 nitrogen and oxygen atoms in total. The molecule has 2 atom stereocenters. The molecule has 1 heterocycles. The van der Waals surface area contributed by atoms with Crippen LogP contribution in [0, 0.1) is 0 Å². The highest BCUT2D eigenvalue weighted by Crippen LogP contribution is 2.24. The first kappa shape index (κ1) is 15.4. The molecular weight excluding hydrogens is 276 g/mol. The lowest BCUT2D eigenvalue weighted by molar-refractivity contribution is 0.0401. The van der Waals surface area contributed by atoms with Gasteiger partial charge in [-0.2, -0.15) is 4.31 Å². The Bertz CT molecular complexity index is 518. The van der Waals surface area contributed by atoms with Crippen molar-refractivity contribution in [2.45, 2.75) is 30.7 Å². The number of nitrogens with zero attached hydrogens (tertiary/aromatic N) is 1. The van der Waals surface area contributed by atoms with E-state index in [9.17, 15) is 8.42 Å². The Kier molecular flexibility index (Phi) is 5.15. The maximum absolute atomic E-state index is 12.5. The van der Waals surface area contributed by atoms with Gasteiger partial charge in [-0.1, -0.05) is 30.3 Å². The van der Waals surface area contributed by atoms with Crippen LogP contribution in [-0.4, -0.2) is 45.1 Å². The van der Waals surface area contributed by atoms with Crippen LogP contribution < -0.4 is 5.73 Å². The van der Waals surface area contributed by atoms with Crippen LogP contribution in [0.5, 0.6) is 0 Å². The summed E-state index contributed by atoms with van der Waals surface area (Å²) in [7, 11) is -1.67. The standard InChI is InChI=1S/C14H22N2O3S/c1-19-14-7-8-16(13(9-14)10-15)20(17,18)11-12-5-3-2-4-6-12/h2-6,13-14H,7-11,15H2,1H3. The van der Waals surface area contributed by atoms with Gasteiger partial charge in [0.05, 0.1) is 11.9 Å². The number of nitrogens with two attached hydrogens (primary N) is 1. The zero-order chi connectivity index (χ0) is 14.6. The minimum absolute atomic E-state index is 0.0298. The van der Waals surface area contributed by atoms with Crippen molar-refractivity contribution in [2.24, 2.45) is 5.73 Å². The second-order valence-corrected chi connectivity index (χ2v) is 7.05. The van der Waals surface area contributed by atoms with E-state index < -0.39 is 10.0 Å². The predicted octanol–water partition coefficient (Wildman–Crippen LogP) is 0.955. The number of ether oxygens (including phenoxy) is 1. The molecule has 0 spiro atoms. The summed E-state index contributed by atoms with van der Waals surface area (Å²) in [5.41, 5.74) is 6.54. The normalized spacial score (nSPS) is 24.7. The Hall–Kier alpha value is -0.950. The van der Waals surface area contributed by atoms with Crippen molar-refractivity contribution in [2.75, 3.05) is 20.2 Å². The maximum atomic E-state index is 12.5. The van der Waals surface area contributed by atoms with Crippen LogP contribution in [0.15, 0.2) is 30.3 Å². The van der Waals surface area contributed by atoms with Crippen molar-refractivity contribution in [3.63, 3.8) is 0 Å². The van der Waals surface area contributed by atoms with E-state index in [2.05, 4.69) is 0 Å². The minimum Gasteiger partial charge on any atom is -0.381 e. The maximum Gasteiger partial charge on any atom is 0.218 e. The van der Waals surface area contributed by atoms with Crippen LogP contribution in [0.2, 0.25) is 0 Å². The summed E-state index contributed by atoms with van der Waals surface area (Å²) in [5, 5.41) is 0. The highest BCUT2D eigenvalue weighted by molar-refractivity contribution is 7.88. The summed E-state index contributed by atoms with van der Waals surface area (Å²) < 4.78 is 32.0. The van der Waals surface area contributed by atoms with Crippen molar-refractivity contribution < 1.29 is 13.2 Å². The molecule has 2 unspecified atom stereocenters. The van der Waals surface area contributed by atoms with Crippen molar-refractivity contribution in [1.29, 1.82) is 0 Å². The van der Waals surface area contributed by atoms with Gasteiger partial charge in [-0.15, -0.1) is 0 Å². The average molecular weight is 298 g/mol. The van der Waals surface area contributed by atoms with E-state index in [1.165, 1.54) is 0 Å². The van der Waals surface area contributed by atoms with Gasteiger partial charge in [-0.05, 0) is 18.4 Å². The molecule has 20 heavy (non-hydrogen) atoms. The zero-order valence-electron chi connectivity index (χ0n) is 11.7. The van der Waals surface area contributed by atoms with E-state index >= 15 is 0 Å². The molecule has 0 bridgehead atoms. The predicted molar refractivity (Wildman–Crippen MR) is 78.6 cm³/mol. The fourth-order valence-electron chi connectivity index (χ4n) is 2.65. The van der Waals surface area contributed by atoms with Crippen molar-refractivity contribution in [3.05, 3.63) is 35.9 Å². The molecule has 1 aliphatic rings. The fourth-order valence-corrected chi connectivity index (χ4v) is 4.44. The summed E-state index contributed by atoms with van der Waals surface area (Å²) in [6.45, 7) is 0.809. The van der Waals surface area contributed by atoms with Gasteiger partial charge in [-0.25, -0.2) is 8.42 Å². The second kappa shape index (κ2) is 6.67. The molecule has 1 aliphatic heterocycles. The highest BCUT2D eigenvalue weighted by atomic mass is 32.2. The quantitative estimate of drug-likeness (QED) is 0.878. The Balaban J connectivity index is 2.12. The first-order valence-corrected chi connectivity index (χ1v) is 8.44. The Morgan fingerprint density at radius 1 is 1.35 bits per heavy atom. The first-order chi connectivity index (χ1) is 9.56. The van der Waals surface area contributed by atoms with Gasteiger partial charge in [0.1, 0.15) is 0 Å². The molecule has 0 radical (unpaired) electrons. The molecule has 0 aliphatic carbocycles. The Labute approximate surface area is 120 Å². The lowest BCUT2D eigenvalue weighted by atomic mass is 10.0. The third-order valence-electron chi connectivity index (χ3n) is 3.77. The van der Waals surface area contributed by atoms with Crippen LogP contribution >= 0.6 is 0 Å². The lowest BCUT2D eigenvalue weighted by Gasteiger charge is -2.37. The summed E-state index contributed by atoms with van der Waals surface area (Å²) >= 11 is 0. The number of rotatable bonds is 5. The van der Waals surface area contributed by atoms with Crippen LogP contribution in [0.1, 0.15) is 18.4 Å². The number of sulfonamides is 1. The van der Waals surface area contributed by atoms with Crippen LogP contribution in [0.3, 0.4) is 0 Å². The average Bonchev–Trinajstić information content (AvgIpc) is 2.47. The molecule has 2 rings (SSSR count).